The first-order valence-electron chi connectivity index (χ1n) is 9.76. The molecule has 7 nitrogen and oxygen atoms in total. The van der Waals surface area contributed by atoms with E-state index in [1.165, 1.54) is 19.1 Å². The molecule has 0 saturated heterocycles. The molecule has 162 valence electrons. The number of hydrogen-bond donors (Lipinski definition) is 1. The Morgan fingerprint density at radius 3 is 2.22 bits per heavy atom. The number of methoxy groups -OCH3 is 2. The highest BCUT2D eigenvalue weighted by Gasteiger charge is 2.39. The molecule has 1 N–H and O–H groups in total. The topological polar surface area (TPSA) is 80.8 Å². The van der Waals surface area contributed by atoms with Crippen LogP contribution in [0.2, 0.25) is 5.02 Å². The number of nitrogens with one attached hydrogen (secondary N) is 1. The second-order valence-corrected chi connectivity index (χ2v) is 7.44. The fourth-order valence-electron chi connectivity index (χ4n) is 3.40. The zero-order valence-corrected chi connectivity index (χ0v) is 18.2. The minimum absolute atomic E-state index is 0.0577. The number of hydrogen-bond acceptors (Lipinski definition) is 6. The van der Waals surface area contributed by atoms with Crippen LogP contribution in [0, 0.1) is 0 Å². The number of anilines is 1. The number of carbonyl (C=O) groups is 2. The summed E-state index contributed by atoms with van der Waals surface area (Å²) in [6.07, 6.45) is 1.62. The molecule has 0 saturated carbocycles. The van der Waals surface area contributed by atoms with Gasteiger partial charge in [-0.3, -0.25) is 19.5 Å². The molecule has 1 aromatic heterocycles. The molecule has 1 aliphatic rings. The molecular formula is C24H20ClN3O4. The van der Waals surface area contributed by atoms with Gasteiger partial charge in [-0.1, -0.05) is 29.8 Å². The fraction of sp³-hybridized carbons (Fsp3) is 0.125. The number of pyridine rings is 1. The Hall–Kier alpha value is -3.84. The maximum atomic E-state index is 13.4. The highest BCUT2D eigenvalue weighted by atomic mass is 35.5. The average Bonchev–Trinajstić information content (AvgIpc) is 3.04. The molecule has 0 unspecified atom stereocenters. The van der Waals surface area contributed by atoms with E-state index in [0.717, 1.165) is 0 Å². The van der Waals surface area contributed by atoms with Gasteiger partial charge in [0.1, 0.15) is 17.2 Å². The standard InChI is InChI=1S/C24H20ClN3O4/c1-31-19-11-18(12-20(13-19)32-2)27-22-21(15-6-8-16(25)9-7-15)23(29)28(24(22)30)14-17-5-3-4-10-26-17/h3-13,27H,14H2,1-2H3. The first-order chi connectivity index (χ1) is 15.5. The molecule has 32 heavy (non-hydrogen) atoms. The Kier molecular flexibility index (Phi) is 6.09. The van der Waals surface area contributed by atoms with Crippen molar-refractivity contribution in [3.63, 3.8) is 0 Å². The number of aromatic nitrogens is 1. The maximum Gasteiger partial charge on any atom is 0.278 e. The molecule has 0 radical (unpaired) electrons. The van der Waals surface area contributed by atoms with Gasteiger partial charge >= 0.3 is 0 Å². The van der Waals surface area contributed by atoms with Gasteiger partial charge in [-0.25, -0.2) is 0 Å². The lowest BCUT2D eigenvalue weighted by Gasteiger charge is -2.15. The number of benzene rings is 2. The third kappa shape index (κ3) is 4.29. The van der Waals surface area contributed by atoms with E-state index in [-0.39, 0.29) is 17.8 Å². The number of nitrogens with zero attached hydrogens (tertiary/aromatic N) is 2. The van der Waals surface area contributed by atoms with Crippen molar-refractivity contribution in [1.82, 2.24) is 9.88 Å². The van der Waals surface area contributed by atoms with Crippen LogP contribution in [0.15, 0.2) is 72.6 Å². The van der Waals surface area contributed by atoms with Crippen LogP contribution in [-0.4, -0.2) is 35.9 Å². The van der Waals surface area contributed by atoms with Crippen molar-refractivity contribution in [2.75, 3.05) is 19.5 Å². The van der Waals surface area contributed by atoms with Gasteiger partial charge in [0, 0.05) is 35.1 Å². The van der Waals surface area contributed by atoms with Gasteiger partial charge in [0.05, 0.1) is 32.0 Å². The van der Waals surface area contributed by atoms with Crippen LogP contribution in [0.5, 0.6) is 11.5 Å². The molecule has 3 aromatic rings. The number of carbonyl (C=O) groups excluding carboxylic acids is 2. The lowest BCUT2D eigenvalue weighted by molar-refractivity contribution is -0.137. The van der Waals surface area contributed by atoms with E-state index in [1.54, 1.807) is 60.8 Å². The molecule has 0 bridgehead atoms. The molecule has 0 spiro atoms. The zero-order chi connectivity index (χ0) is 22.7. The van der Waals surface area contributed by atoms with Gasteiger partial charge in [0.15, 0.2) is 0 Å². The summed E-state index contributed by atoms with van der Waals surface area (Å²) in [5.41, 5.74) is 2.14. The van der Waals surface area contributed by atoms with Crippen molar-refractivity contribution in [2.45, 2.75) is 6.54 Å². The van der Waals surface area contributed by atoms with Gasteiger partial charge in [-0.15, -0.1) is 0 Å². The van der Waals surface area contributed by atoms with Gasteiger partial charge in [-0.2, -0.15) is 0 Å². The lowest BCUT2D eigenvalue weighted by atomic mass is 10.0. The number of halogens is 1. The summed E-state index contributed by atoms with van der Waals surface area (Å²) in [7, 11) is 3.08. The van der Waals surface area contributed by atoms with E-state index in [1.807, 2.05) is 6.07 Å². The summed E-state index contributed by atoms with van der Waals surface area (Å²) in [6.45, 7) is 0.0577. The van der Waals surface area contributed by atoms with Crippen molar-refractivity contribution >= 4 is 34.7 Å². The Balaban J connectivity index is 1.76. The van der Waals surface area contributed by atoms with Crippen LogP contribution >= 0.6 is 11.6 Å². The first-order valence-corrected chi connectivity index (χ1v) is 10.1. The SMILES string of the molecule is COc1cc(NC2=C(c3ccc(Cl)cc3)C(=O)N(Cc3ccccn3)C2=O)cc(OC)c1. The summed E-state index contributed by atoms with van der Waals surface area (Å²) in [5, 5.41) is 3.63. The Morgan fingerprint density at radius 1 is 0.938 bits per heavy atom. The number of rotatable bonds is 7. The van der Waals surface area contributed by atoms with Gasteiger partial charge < -0.3 is 14.8 Å². The van der Waals surface area contributed by atoms with Crippen molar-refractivity contribution in [3.8, 4) is 11.5 Å². The monoisotopic (exact) mass is 449 g/mol. The fourth-order valence-corrected chi connectivity index (χ4v) is 3.52. The van der Waals surface area contributed by atoms with E-state index in [4.69, 9.17) is 21.1 Å². The normalized spacial score (nSPS) is 13.5. The Morgan fingerprint density at radius 2 is 1.62 bits per heavy atom. The lowest BCUT2D eigenvalue weighted by Crippen LogP contribution is -2.32. The predicted octanol–water partition coefficient (Wildman–Crippen LogP) is 4.14. The van der Waals surface area contributed by atoms with Crippen molar-refractivity contribution in [2.24, 2.45) is 0 Å². The van der Waals surface area contributed by atoms with Crippen molar-refractivity contribution in [3.05, 3.63) is 88.8 Å². The van der Waals surface area contributed by atoms with E-state index < -0.39 is 11.8 Å². The van der Waals surface area contributed by atoms with Gasteiger partial charge in [0.2, 0.25) is 0 Å². The van der Waals surface area contributed by atoms with E-state index in [2.05, 4.69) is 10.3 Å². The van der Waals surface area contributed by atoms with Crippen molar-refractivity contribution < 1.29 is 19.1 Å². The summed E-state index contributed by atoms with van der Waals surface area (Å²) in [4.78, 5) is 32.1. The second-order valence-electron chi connectivity index (χ2n) is 7.00. The van der Waals surface area contributed by atoms with Crippen LogP contribution in [0.3, 0.4) is 0 Å². The summed E-state index contributed by atoms with van der Waals surface area (Å²) in [6, 6.07) is 17.3. The van der Waals surface area contributed by atoms with Crippen LogP contribution in [-0.2, 0) is 16.1 Å². The van der Waals surface area contributed by atoms with Gasteiger partial charge in [-0.05, 0) is 29.8 Å². The third-order valence-electron chi connectivity index (χ3n) is 4.97. The number of amides is 2. The van der Waals surface area contributed by atoms with Crippen molar-refractivity contribution in [1.29, 1.82) is 0 Å². The first kappa shape index (κ1) is 21.4. The molecule has 0 fully saturated rings. The molecule has 0 atom stereocenters. The number of imide groups is 1. The summed E-state index contributed by atoms with van der Waals surface area (Å²) >= 11 is 6.02. The van der Waals surface area contributed by atoms with Crippen LogP contribution < -0.4 is 14.8 Å². The van der Waals surface area contributed by atoms with Crippen LogP contribution in [0.25, 0.3) is 5.57 Å². The predicted molar refractivity (Wildman–Crippen MR) is 121 cm³/mol. The molecular weight excluding hydrogens is 430 g/mol. The summed E-state index contributed by atoms with van der Waals surface area (Å²) in [5.74, 6) is 0.220. The molecule has 4 rings (SSSR count). The van der Waals surface area contributed by atoms with Crippen LogP contribution in [0.4, 0.5) is 5.69 Å². The minimum atomic E-state index is -0.451. The number of ether oxygens (including phenoxy) is 2. The zero-order valence-electron chi connectivity index (χ0n) is 17.5. The maximum absolute atomic E-state index is 13.4. The smallest absolute Gasteiger partial charge is 0.278 e. The third-order valence-corrected chi connectivity index (χ3v) is 5.22. The second kappa shape index (κ2) is 9.11. The highest BCUT2D eigenvalue weighted by molar-refractivity contribution is 6.36. The Bertz CT molecular complexity index is 1170. The quantitative estimate of drug-likeness (QED) is 0.546. The largest absolute Gasteiger partial charge is 0.497 e. The van der Waals surface area contributed by atoms with Gasteiger partial charge in [0.25, 0.3) is 11.8 Å². The average molecular weight is 450 g/mol. The molecule has 0 aliphatic carbocycles. The molecule has 2 amide bonds. The molecule has 2 heterocycles. The minimum Gasteiger partial charge on any atom is -0.497 e. The van der Waals surface area contributed by atoms with E-state index in [9.17, 15) is 9.59 Å². The summed E-state index contributed by atoms with van der Waals surface area (Å²) < 4.78 is 10.6. The highest BCUT2D eigenvalue weighted by Crippen LogP contribution is 2.34. The van der Waals surface area contributed by atoms with E-state index in [0.29, 0.717) is 33.5 Å². The Labute approximate surface area is 190 Å². The van der Waals surface area contributed by atoms with E-state index >= 15 is 0 Å². The van der Waals surface area contributed by atoms with Crippen LogP contribution in [0.1, 0.15) is 11.3 Å². The molecule has 2 aromatic carbocycles. The molecule has 8 heteroatoms. The molecule has 1 aliphatic heterocycles.